The van der Waals surface area contributed by atoms with Gasteiger partial charge in [-0.15, -0.1) is 0 Å². The largest absolute Gasteiger partial charge is 0.300 e. The molecule has 2 rings (SSSR count). The zero-order chi connectivity index (χ0) is 14.4. The Kier molecular flexibility index (Phi) is 3.55. The van der Waals surface area contributed by atoms with Crippen molar-refractivity contribution in [3.8, 4) is 0 Å². The van der Waals surface area contributed by atoms with E-state index in [0.29, 0.717) is 17.3 Å². The summed E-state index contributed by atoms with van der Waals surface area (Å²) in [6, 6.07) is 8.91. The van der Waals surface area contributed by atoms with Gasteiger partial charge < -0.3 is 4.90 Å². The van der Waals surface area contributed by atoms with E-state index in [1.165, 1.54) is 12.1 Å². The molecular weight excluding hydrogens is 230 g/mol. The highest BCUT2D eigenvalue weighted by Crippen LogP contribution is 2.52. The molecule has 2 unspecified atom stereocenters. The molecule has 1 aromatic rings. The molecule has 2 atom stereocenters. The minimum absolute atomic E-state index is 0.255. The summed E-state index contributed by atoms with van der Waals surface area (Å²) in [4.78, 5) is 2.54. The van der Waals surface area contributed by atoms with Crippen molar-refractivity contribution in [1.29, 1.82) is 0 Å². The van der Waals surface area contributed by atoms with Crippen molar-refractivity contribution in [1.82, 2.24) is 4.90 Å². The molecule has 1 aromatic carbocycles. The van der Waals surface area contributed by atoms with Crippen LogP contribution in [0.15, 0.2) is 24.3 Å². The predicted octanol–water partition coefficient (Wildman–Crippen LogP) is 4.46. The summed E-state index contributed by atoms with van der Waals surface area (Å²) in [7, 11) is 2.27. The number of hydrogen-bond donors (Lipinski definition) is 0. The molecule has 0 radical (unpaired) electrons. The van der Waals surface area contributed by atoms with Crippen LogP contribution in [0.25, 0.3) is 0 Å². The third-order valence-electron chi connectivity index (χ3n) is 5.14. The first-order valence-corrected chi connectivity index (χ1v) is 7.42. The Morgan fingerprint density at radius 2 is 1.74 bits per heavy atom. The molecule has 1 saturated heterocycles. The van der Waals surface area contributed by atoms with E-state index in [1.807, 2.05) is 0 Å². The molecule has 1 aliphatic rings. The molecule has 0 spiro atoms. The van der Waals surface area contributed by atoms with Gasteiger partial charge in [-0.1, -0.05) is 45.0 Å². The fraction of sp³-hybridized carbons (Fsp3) is 0.667. The highest BCUT2D eigenvalue weighted by atomic mass is 15.2. The van der Waals surface area contributed by atoms with Crippen molar-refractivity contribution in [3.05, 3.63) is 35.4 Å². The molecule has 1 heteroatoms. The van der Waals surface area contributed by atoms with Crippen molar-refractivity contribution in [2.45, 2.75) is 53.0 Å². The van der Waals surface area contributed by atoms with E-state index in [4.69, 9.17) is 0 Å². The van der Waals surface area contributed by atoms with Crippen LogP contribution in [-0.4, -0.2) is 24.0 Å². The van der Waals surface area contributed by atoms with Crippen molar-refractivity contribution < 1.29 is 0 Å². The first-order valence-electron chi connectivity index (χ1n) is 7.42. The number of aryl methyl sites for hydroxylation is 1. The molecular formula is C18H29N. The van der Waals surface area contributed by atoms with Gasteiger partial charge in [0.1, 0.15) is 0 Å². The molecule has 106 valence electrons. The summed E-state index contributed by atoms with van der Waals surface area (Å²) < 4.78 is 0. The summed E-state index contributed by atoms with van der Waals surface area (Å²) >= 11 is 0. The number of benzene rings is 1. The van der Waals surface area contributed by atoms with Gasteiger partial charge >= 0.3 is 0 Å². The Bertz CT molecular complexity index is 453. The number of likely N-dealkylation sites (tertiary alicyclic amines) is 1. The molecule has 1 heterocycles. The highest BCUT2D eigenvalue weighted by Gasteiger charge is 2.51. The standard InChI is InChI=1S/C18H29N/c1-13-10-8-9-11-14(13)15-12-19(7)18(5,6)16(15)17(2,3)4/h8-11,15-16H,12H2,1-7H3. The lowest BCUT2D eigenvalue weighted by atomic mass is 9.65. The fourth-order valence-electron chi connectivity index (χ4n) is 4.31. The van der Waals surface area contributed by atoms with Crippen LogP contribution in [0, 0.1) is 18.3 Å². The normalized spacial score (nSPS) is 27.7. The summed E-state index contributed by atoms with van der Waals surface area (Å²) in [5.74, 6) is 1.31. The number of rotatable bonds is 1. The average molecular weight is 259 g/mol. The minimum atomic E-state index is 0.255. The Balaban J connectivity index is 2.49. The molecule has 0 aromatic heterocycles. The van der Waals surface area contributed by atoms with Gasteiger partial charge in [-0.25, -0.2) is 0 Å². The zero-order valence-corrected chi connectivity index (χ0v) is 13.6. The van der Waals surface area contributed by atoms with Gasteiger partial charge in [0, 0.05) is 18.0 Å². The van der Waals surface area contributed by atoms with Crippen LogP contribution >= 0.6 is 0 Å². The Morgan fingerprint density at radius 1 is 1.16 bits per heavy atom. The van der Waals surface area contributed by atoms with Crippen LogP contribution in [0.1, 0.15) is 51.7 Å². The second kappa shape index (κ2) is 4.63. The minimum Gasteiger partial charge on any atom is -0.300 e. The number of nitrogens with zero attached hydrogens (tertiary/aromatic N) is 1. The highest BCUT2D eigenvalue weighted by molar-refractivity contribution is 5.33. The van der Waals surface area contributed by atoms with Gasteiger partial charge in [-0.2, -0.15) is 0 Å². The van der Waals surface area contributed by atoms with Crippen LogP contribution < -0.4 is 0 Å². The quantitative estimate of drug-likeness (QED) is 0.719. The second-order valence-corrected chi connectivity index (χ2v) is 7.84. The predicted molar refractivity (Wildman–Crippen MR) is 83.6 cm³/mol. The van der Waals surface area contributed by atoms with Crippen molar-refractivity contribution in [2.24, 2.45) is 11.3 Å². The Morgan fingerprint density at radius 3 is 2.26 bits per heavy atom. The maximum Gasteiger partial charge on any atom is 0.0189 e. The van der Waals surface area contributed by atoms with Gasteiger partial charge in [0.05, 0.1) is 0 Å². The number of hydrogen-bond acceptors (Lipinski definition) is 1. The van der Waals surface area contributed by atoms with E-state index in [2.05, 4.69) is 77.8 Å². The number of likely N-dealkylation sites (N-methyl/N-ethyl adjacent to an activating group) is 1. The van der Waals surface area contributed by atoms with E-state index in [9.17, 15) is 0 Å². The topological polar surface area (TPSA) is 3.24 Å². The van der Waals surface area contributed by atoms with E-state index < -0.39 is 0 Å². The van der Waals surface area contributed by atoms with Crippen LogP contribution in [0.3, 0.4) is 0 Å². The lowest BCUT2D eigenvalue weighted by Gasteiger charge is -2.43. The summed E-state index contributed by atoms with van der Waals surface area (Å²) in [6.45, 7) is 15.4. The van der Waals surface area contributed by atoms with E-state index in [-0.39, 0.29) is 5.54 Å². The molecule has 1 fully saturated rings. The van der Waals surface area contributed by atoms with Gasteiger partial charge in [0.15, 0.2) is 0 Å². The molecule has 0 amide bonds. The van der Waals surface area contributed by atoms with Crippen molar-refractivity contribution >= 4 is 0 Å². The van der Waals surface area contributed by atoms with E-state index in [1.54, 1.807) is 5.56 Å². The summed E-state index contributed by atoms with van der Waals surface area (Å²) in [6.07, 6.45) is 0. The maximum atomic E-state index is 2.54. The van der Waals surface area contributed by atoms with Crippen LogP contribution in [0.4, 0.5) is 0 Å². The molecule has 19 heavy (non-hydrogen) atoms. The molecule has 0 saturated carbocycles. The summed E-state index contributed by atoms with van der Waals surface area (Å²) in [5.41, 5.74) is 3.56. The summed E-state index contributed by atoms with van der Waals surface area (Å²) in [5, 5.41) is 0. The van der Waals surface area contributed by atoms with Crippen LogP contribution in [-0.2, 0) is 0 Å². The Labute approximate surface area is 119 Å². The average Bonchev–Trinajstić information content (AvgIpc) is 2.49. The third-order valence-corrected chi connectivity index (χ3v) is 5.14. The van der Waals surface area contributed by atoms with Crippen LogP contribution in [0.5, 0.6) is 0 Å². The molecule has 0 aliphatic carbocycles. The third kappa shape index (κ3) is 2.45. The fourth-order valence-corrected chi connectivity index (χ4v) is 4.31. The maximum absolute atomic E-state index is 2.54. The van der Waals surface area contributed by atoms with Gasteiger partial charge in [-0.3, -0.25) is 0 Å². The first kappa shape index (κ1) is 14.6. The molecule has 0 bridgehead atoms. The van der Waals surface area contributed by atoms with Crippen molar-refractivity contribution in [3.63, 3.8) is 0 Å². The first-order chi connectivity index (χ1) is 8.65. The molecule has 1 nitrogen and oxygen atoms in total. The molecule has 1 aliphatic heterocycles. The van der Waals surface area contributed by atoms with Crippen molar-refractivity contribution in [2.75, 3.05) is 13.6 Å². The van der Waals surface area contributed by atoms with E-state index in [0.717, 1.165) is 0 Å². The van der Waals surface area contributed by atoms with Gasteiger partial charge in [0.2, 0.25) is 0 Å². The SMILES string of the molecule is Cc1ccccc1C1CN(C)C(C)(C)C1C(C)(C)C. The Hall–Kier alpha value is -0.820. The lowest BCUT2D eigenvalue weighted by Crippen LogP contribution is -2.45. The monoisotopic (exact) mass is 259 g/mol. The molecule has 0 N–H and O–H groups in total. The second-order valence-electron chi connectivity index (χ2n) is 7.84. The van der Waals surface area contributed by atoms with E-state index >= 15 is 0 Å². The lowest BCUT2D eigenvalue weighted by molar-refractivity contribution is 0.0922. The smallest absolute Gasteiger partial charge is 0.0189 e. The van der Waals surface area contributed by atoms with Gasteiger partial charge in [-0.05, 0) is 50.3 Å². The van der Waals surface area contributed by atoms with Gasteiger partial charge in [0.25, 0.3) is 0 Å². The zero-order valence-electron chi connectivity index (χ0n) is 13.6. The van der Waals surface area contributed by atoms with Crippen LogP contribution in [0.2, 0.25) is 0 Å².